The highest BCUT2D eigenvalue weighted by molar-refractivity contribution is 5.92. The number of aromatic amines is 2. The lowest BCUT2D eigenvalue weighted by molar-refractivity contribution is 0.326. The van der Waals surface area contributed by atoms with Gasteiger partial charge in [-0.25, -0.2) is 0 Å². The van der Waals surface area contributed by atoms with Crippen molar-refractivity contribution in [2.24, 2.45) is 0 Å². The van der Waals surface area contributed by atoms with Crippen molar-refractivity contribution in [3.8, 4) is 0 Å². The summed E-state index contributed by atoms with van der Waals surface area (Å²) in [6.45, 7) is 2.13. The highest BCUT2D eigenvalue weighted by Crippen LogP contribution is 2.31. The minimum atomic E-state index is -0.265. The van der Waals surface area contributed by atoms with Crippen LogP contribution in [0.3, 0.4) is 0 Å². The maximum absolute atomic E-state index is 12.0. The fourth-order valence-electron chi connectivity index (χ4n) is 3.25. The van der Waals surface area contributed by atoms with E-state index in [4.69, 9.17) is 0 Å². The number of hydrogen-bond donors (Lipinski definition) is 3. The van der Waals surface area contributed by atoms with E-state index in [-0.39, 0.29) is 11.1 Å². The summed E-state index contributed by atoms with van der Waals surface area (Å²) in [5.74, 6) is 0. The molecule has 2 fully saturated rings. The minimum absolute atomic E-state index is 0.259. The molecule has 4 rings (SSSR count). The van der Waals surface area contributed by atoms with Gasteiger partial charge in [0.1, 0.15) is 0 Å². The lowest BCUT2D eigenvalue weighted by atomic mass is 10.1. The van der Waals surface area contributed by atoms with Crippen LogP contribution in [0.15, 0.2) is 27.8 Å². The number of rotatable bonds is 3. The van der Waals surface area contributed by atoms with Crippen LogP contribution in [0.1, 0.15) is 19.3 Å². The predicted octanol–water partition coefficient (Wildman–Crippen LogP) is 0.865. The lowest BCUT2D eigenvalue weighted by Crippen LogP contribution is -2.28. The topological polar surface area (TPSA) is 81.0 Å². The van der Waals surface area contributed by atoms with Gasteiger partial charge in [0.25, 0.3) is 11.1 Å². The van der Waals surface area contributed by atoms with Gasteiger partial charge in [-0.3, -0.25) is 24.7 Å². The average Bonchev–Trinajstić information content (AvgIpc) is 3.24. The first-order chi connectivity index (χ1) is 10.2. The first-order valence-corrected chi connectivity index (χ1v) is 7.46. The summed E-state index contributed by atoms with van der Waals surface area (Å²) < 4.78 is 0. The third-order valence-corrected chi connectivity index (χ3v) is 4.47. The number of aromatic nitrogens is 2. The van der Waals surface area contributed by atoms with Crippen molar-refractivity contribution in [3.63, 3.8) is 0 Å². The molecule has 0 spiro atoms. The molecule has 1 aliphatic carbocycles. The smallest absolute Gasteiger partial charge is 0.272 e. The molecule has 6 nitrogen and oxygen atoms in total. The zero-order chi connectivity index (χ0) is 14.4. The Kier molecular flexibility index (Phi) is 2.85. The molecular formula is C15H18N4O2. The molecule has 1 unspecified atom stereocenters. The molecule has 1 aliphatic heterocycles. The summed E-state index contributed by atoms with van der Waals surface area (Å²) >= 11 is 0. The minimum Gasteiger partial charge on any atom is -0.380 e. The van der Waals surface area contributed by atoms with Gasteiger partial charge < -0.3 is 5.32 Å². The van der Waals surface area contributed by atoms with Gasteiger partial charge in [0.05, 0.1) is 10.8 Å². The predicted molar refractivity (Wildman–Crippen MR) is 81.8 cm³/mol. The van der Waals surface area contributed by atoms with Crippen LogP contribution >= 0.6 is 0 Å². The van der Waals surface area contributed by atoms with Crippen molar-refractivity contribution in [1.29, 1.82) is 0 Å². The number of nitrogens with zero attached hydrogens (tertiary/aromatic N) is 1. The van der Waals surface area contributed by atoms with Crippen LogP contribution in [-0.4, -0.2) is 40.3 Å². The van der Waals surface area contributed by atoms with E-state index in [0.717, 1.165) is 31.2 Å². The second-order valence-corrected chi connectivity index (χ2v) is 5.99. The van der Waals surface area contributed by atoms with E-state index in [2.05, 4.69) is 20.4 Å². The summed E-state index contributed by atoms with van der Waals surface area (Å²) in [6, 6.07) is 6.48. The maximum Gasteiger partial charge on any atom is 0.272 e. The molecule has 0 radical (unpaired) electrons. The first kappa shape index (κ1) is 12.6. The number of fused-ring (bicyclic) bond motifs is 1. The van der Waals surface area contributed by atoms with Gasteiger partial charge in [0, 0.05) is 30.9 Å². The second-order valence-electron chi connectivity index (χ2n) is 5.99. The van der Waals surface area contributed by atoms with Crippen LogP contribution in [0.2, 0.25) is 0 Å². The van der Waals surface area contributed by atoms with Crippen molar-refractivity contribution < 1.29 is 0 Å². The molecule has 2 aromatic rings. The summed E-state index contributed by atoms with van der Waals surface area (Å²) in [5, 5.41) is 9.10. The fourth-order valence-corrected chi connectivity index (χ4v) is 3.25. The van der Waals surface area contributed by atoms with Gasteiger partial charge in [-0.1, -0.05) is 6.07 Å². The monoisotopic (exact) mass is 286 g/mol. The zero-order valence-electron chi connectivity index (χ0n) is 11.7. The Balaban J connectivity index is 1.66. The van der Waals surface area contributed by atoms with Gasteiger partial charge in [0.2, 0.25) is 0 Å². The van der Waals surface area contributed by atoms with Crippen molar-refractivity contribution in [2.75, 3.05) is 18.4 Å². The molecule has 6 heteroatoms. The van der Waals surface area contributed by atoms with Crippen molar-refractivity contribution >= 4 is 16.5 Å². The van der Waals surface area contributed by atoms with E-state index < -0.39 is 0 Å². The molecule has 1 saturated carbocycles. The van der Waals surface area contributed by atoms with E-state index in [0.29, 0.717) is 16.8 Å². The Morgan fingerprint density at radius 2 is 1.90 bits per heavy atom. The molecule has 21 heavy (non-hydrogen) atoms. The second kappa shape index (κ2) is 4.73. The third kappa shape index (κ3) is 2.25. The zero-order valence-corrected chi connectivity index (χ0v) is 11.7. The van der Waals surface area contributed by atoms with E-state index in [1.165, 1.54) is 12.8 Å². The summed E-state index contributed by atoms with van der Waals surface area (Å²) in [7, 11) is 0. The Morgan fingerprint density at radius 3 is 2.71 bits per heavy atom. The van der Waals surface area contributed by atoms with Crippen LogP contribution in [0.5, 0.6) is 0 Å². The van der Waals surface area contributed by atoms with Crippen molar-refractivity contribution in [1.82, 2.24) is 15.1 Å². The molecule has 1 aromatic carbocycles. The third-order valence-electron chi connectivity index (χ3n) is 4.47. The molecule has 2 heterocycles. The normalized spacial score (nSPS) is 22.8. The van der Waals surface area contributed by atoms with Crippen molar-refractivity contribution in [3.05, 3.63) is 38.9 Å². The molecule has 1 atom stereocenters. The van der Waals surface area contributed by atoms with E-state index in [1.807, 2.05) is 12.1 Å². The van der Waals surface area contributed by atoms with Gasteiger partial charge in [-0.05, 0) is 31.4 Å². The summed E-state index contributed by atoms with van der Waals surface area (Å²) in [5.41, 5.74) is 0.228. The highest BCUT2D eigenvalue weighted by atomic mass is 16.1. The Labute approximate surface area is 121 Å². The van der Waals surface area contributed by atoms with Crippen molar-refractivity contribution in [2.45, 2.75) is 31.3 Å². The number of benzene rings is 1. The SMILES string of the molecule is O=c1[nH][nH]c(=O)c2c(NC3CCN(C4CC4)C3)cccc12. The first-order valence-electron chi connectivity index (χ1n) is 7.46. The lowest BCUT2D eigenvalue weighted by Gasteiger charge is -2.17. The van der Waals surface area contributed by atoms with Gasteiger partial charge in [-0.15, -0.1) is 0 Å². The van der Waals surface area contributed by atoms with Gasteiger partial charge >= 0.3 is 0 Å². The van der Waals surface area contributed by atoms with E-state index >= 15 is 0 Å². The molecule has 1 saturated heterocycles. The fraction of sp³-hybridized carbons (Fsp3) is 0.467. The number of hydrogen-bond acceptors (Lipinski definition) is 4. The Bertz CT molecular complexity index is 790. The van der Waals surface area contributed by atoms with Gasteiger partial charge in [0.15, 0.2) is 0 Å². The quantitative estimate of drug-likeness (QED) is 0.782. The van der Waals surface area contributed by atoms with Crippen LogP contribution in [-0.2, 0) is 0 Å². The summed E-state index contributed by atoms with van der Waals surface area (Å²) in [4.78, 5) is 26.4. The maximum atomic E-state index is 12.0. The Morgan fingerprint density at radius 1 is 1.10 bits per heavy atom. The van der Waals surface area contributed by atoms with Crippen LogP contribution in [0.25, 0.3) is 10.8 Å². The van der Waals surface area contributed by atoms with Crippen LogP contribution < -0.4 is 16.4 Å². The van der Waals surface area contributed by atoms with E-state index in [9.17, 15) is 9.59 Å². The van der Waals surface area contributed by atoms with Crippen LogP contribution in [0.4, 0.5) is 5.69 Å². The number of anilines is 1. The number of H-pyrrole nitrogens is 2. The molecule has 110 valence electrons. The van der Waals surface area contributed by atoms with E-state index in [1.54, 1.807) is 6.07 Å². The standard InChI is InChI=1S/C15H18N4O2/c20-14-11-2-1-3-12(13(11)15(21)18-17-14)16-9-6-7-19(8-9)10-4-5-10/h1-3,9-10,16H,4-8H2,(H,17,20)(H,18,21). The molecule has 2 aliphatic rings. The number of likely N-dealkylation sites (tertiary alicyclic amines) is 1. The largest absolute Gasteiger partial charge is 0.380 e. The van der Waals surface area contributed by atoms with Crippen LogP contribution in [0, 0.1) is 0 Å². The van der Waals surface area contributed by atoms with Gasteiger partial charge in [-0.2, -0.15) is 0 Å². The highest BCUT2D eigenvalue weighted by Gasteiger charge is 2.34. The number of nitrogens with one attached hydrogen (secondary N) is 3. The summed E-state index contributed by atoms with van der Waals surface area (Å²) in [6.07, 6.45) is 3.71. The molecule has 0 bridgehead atoms. The molecular weight excluding hydrogens is 268 g/mol. The molecule has 3 N–H and O–H groups in total. The Hall–Kier alpha value is -2.08. The molecule has 0 amide bonds. The average molecular weight is 286 g/mol. The molecule has 1 aromatic heterocycles.